The van der Waals surface area contributed by atoms with Crippen molar-refractivity contribution < 1.29 is 80.1 Å². The van der Waals surface area contributed by atoms with E-state index in [9.17, 15) is 4.79 Å². The van der Waals surface area contributed by atoms with E-state index in [1.54, 1.807) is 20.8 Å². The Bertz CT molecular complexity index is 264. The van der Waals surface area contributed by atoms with Crippen molar-refractivity contribution in [2.45, 2.75) is 40.2 Å². The van der Waals surface area contributed by atoms with Crippen LogP contribution >= 0.6 is 9.12 Å². The number of aliphatic hydroxyl groups is 3. The predicted molar refractivity (Wildman–Crippen MR) is 133 cm³/mol. The van der Waals surface area contributed by atoms with Crippen molar-refractivity contribution >= 4 is 55.4 Å². The Labute approximate surface area is 206 Å². The molecular formula is C16H47BO16P. The van der Waals surface area contributed by atoms with Crippen molar-refractivity contribution in [1.29, 1.82) is 1.34 Å². The third-order valence-corrected chi connectivity index (χ3v) is 0.370. The van der Waals surface area contributed by atoms with Gasteiger partial charge < -0.3 is 55.6 Å². The van der Waals surface area contributed by atoms with Crippen LogP contribution in [0.15, 0.2) is 0 Å². The molecule has 0 aliphatic heterocycles. The van der Waals surface area contributed by atoms with Gasteiger partial charge in [0.25, 0.3) is 19.4 Å². The average Bonchev–Trinajstić information content (AvgIpc) is 2.81. The van der Waals surface area contributed by atoms with Crippen molar-refractivity contribution in [3.63, 3.8) is 0 Å². The molecule has 0 saturated carbocycles. The molecule has 1 atom stereocenters. The second-order valence-corrected chi connectivity index (χ2v) is 3.65. The molecule has 0 aromatic carbocycles. The topological polar surface area (TPSA) is 305 Å². The zero-order chi connectivity index (χ0) is 30.3. The molecule has 16 nitrogen and oxygen atoms in total. The maximum atomic E-state index is 9.44. The highest BCUT2D eigenvalue weighted by molar-refractivity contribution is 7.49. The van der Waals surface area contributed by atoms with Crippen LogP contribution in [0.2, 0.25) is 0 Å². The summed E-state index contributed by atoms with van der Waals surface area (Å²) in [4.78, 5) is 55.1. The standard InChI is InChI=1S/C4H10O2.C3H6O.C2H4O2.2CH2O2.3CH4O.2CH2O.BH3P.2H2O/c1-4(2,3)6-5;1-3(2)4;1-4-2-3;2*2-1-3;6*1-2;;/h5H,1-3H3;1-2H3;2H,1H3;2*1H,(H,2,3);3*2H,1H3;2*1H2;1H,2H2;2*1H2/i;;;;;;;;;;1T;;. The Balaban J connectivity index is -0.0000000141. The van der Waals surface area contributed by atoms with Crippen LogP contribution in [0.5, 0.6) is 0 Å². The summed E-state index contributed by atoms with van der Waals surface area (Å²) in [6, 6.07) is 0. The molecule has 10 N–H and O–H groups in total. The van der Waals surface area contributed by atoms with Gasteiger partial charge >= 0.3 is 0 Å². The van der Waals surface area contributed by atoms with Gasteiger partial charge in [-0.2, -0.15) is 9.12 Å². The second kappa shape index (κ2) is 199. The van der Waals surface area contributed by atoms with Crippen molar-refractivity contribution in [1.82, 2.24) is 0 Å². The van der Waals surface area contributed by atoms with E-state index in [1.807, 2.05) is 13.6 Å². The lowest BCUT2D eigenvalue weighted by Crippen LogP contribution is -2.15. The Kier molecular flexibility index (Phi) is 450. The third kappa shape index (κ3) is 9090. The molecular weight excluding hydrogens is 490 g/mol. The van der Waals surface area contributed by atoms with E-state index in [4.69, 9.17) is 56.1 Å². The highest BCUT2D eigenvalue weighted by atomic mass is 31.0. The molecule has 0 bridgehead atoms. The molecule has 0 rings (SSSR count). The zero-order valence-electron chi connectivity index (χ0n) is 22.3. The van der Waals surface area contributed by atoms with Gasteiger partial charge in [-0.05, 0) is 36.0 Å². The fourth-order valence-corrected chi connectivity index (χ4v) is 0. The van der Waals surface area contributed by atoms with Gasteiger partial charge in [0.05, 0.1) is 12.7 Å². The van der Waals surface area contributed by atoms with E-state index in [0.717, 1.165) is 21.3 Å². The minimum atomic E-state index is -0.403. The van der Waals surface area contributed by atoms with Crippen LogP contribution in [0.25, 0.3) is 0 Å². The largest absolute Gasteiger partial charge is 0.483 e. The molecule has 0 spiro atoms. The van der Waals surface area contributed by atoms with Crippen LogP contribution in [-0.4, -0.2) is 123 Å². The first-order valence-electron chi connectivity index (χ1n) is 7.79. The number of carbonyl (C=O) groups is 6. The Morgan fingerprint density at radius 1 is 0.882 bits per heavy atom. The molecule has 0 aliphatic rings. The summed E-state index contributed by atoms with van der Waals surface area (Å²) in [7, 11) is 7.60. The van der Waals surface area contributed by atoms with E-state index in [1.165, 1.54) is 28.5 Å². The number of ketones is 1. The van der Waals surface area contributed by atoms with Crippen LogP contribution in [0.1, 0.15) is 34.6 Å². The SMILES string of the molecule is C=O.C=O.CC(C)(C)OO.CC(C)=O.CO.CO.CO.COC=O.O.O.O=CO.O=CO.[3H][B]P. The molecule has 0 aromatic heterocycles. The Morgan fingerprint density at radius 2 is 0.941 bits per heavy atom. The first-order valence-corrected chi connectivity index (χ1v) is 7.88. The van der Waals surface area contributed by atoms with Gasteiger partial charge in [-0.25, -0.2) is 4.89 Å². The molecule has 215 valence electrons. The summed E-state index contributed by atoms with van der Waals surface area (Å²) in [6.07, 6.45) is 0. The highest BCUT2D eigenvalue weighted by Crippen LogP contribution is 2.01. The van der Waals surface area contributed by atoms with Gasteiger partial charge in [0.2, 0.25) is 0 Å². The van der Waals surface area contributed by atoms with Crippen molar-refractivity contribution in [3.05, 3.63) is 0 Å². The van der Waals surface area contributed by atoms with E-state index in [2.05, 4.69) is 18.7 Å². The molecule has 34 heavy (non-hydrogen) atoms. The van der Waals surface area contributed by atoms with Gasteiger partial charge in [-0.3, -0.25) is 19.6 Å². The molecule has 0 aliphatic carbocycles. The second-order valence-electron chi connectivity index (χ2n) is 3.65. The zero-order valence-corrected chi connectivity index (χ0v) is 22.4. The lowest BCUT2D eigenvalue weighted by Gasteiger charge is -2.10. The molecule has 0 saturated heterocycles. The fourth-order valence-electron chi connectivity index (χ4n) is 0. The van der Waals surface area contributed by atoms with Crippen molar-refractivity contribution in [2.75, 3.05) is 28.4 Å². The molecule has 0 amide bonds. The molecule has 0 fully saturated rings. The Morgan fingerprint density at radius 3 is 0.941 bits per heavy atom. The average molecular weight is 539 g/mol. The van der Waals surface area contributed by atoms with Gasteiger partial charge in [0.1, 0.15) is 26.9 Å². The van der Waals surface area contributed by atoms with Crippen LogP contribution in [0, 0.1) is 0 Å². The summed E-state index contributed by atoms with van der Waals surface area (Å²) in [5.74, 6) is 0.167. The van der Waals surface area contributed by atoms with Gasteiger partial charge in [-0.1, -0.05) is 0 Å². The smallest absolute Gasteiger partial charge is 0.292 e. The number of hydrogen-bond acceptors (Lipinski definition) is 12. The maximum absolute atomic E-state index is 9.44. The minimum absolute atomic E-state index is 0. The van der Waals surface area contributed by atoms with Gasteiger partial charge in [-0.15, -0.1) is 0 Å². The number of carbonyl (C=O) groups excluding carboxylic acids is 4. The molecule has 18 heteroatoms. The molecule has 0 heterocycles. The Hall–Kier alpha value is -2.37. The monoisotopic (exact) mass is 539 g/mol. The van der Waals surface area contributed by atoms with Crippen LogP contribution in [0.4, 0.5) is 0 Å². The number of rotatable bonds is 1. The van der Waals surface area contributed by atoms with Gasteiger partial charge in [0.15, 0.2) is 0 Å². The third-order valence-electron chi connectivity index (χ3n) is 0.370. The van der Waals surface area contributed by atoms with E-state index in [-0.39, 0.29) is 29.7 Å². The number of ether oxygens (including phenoxy) is 1. The number of Topliss-reactive ketones (excluding diaryl/α,β-unsaturated/α-hetero) is 1. The minimum Gasteiger partial charge on any atom is -0.483 e. The van der Waals surface area contributed by atoms with E-state index in [0.29, 0.717) is 6.47 Å². The summed E-state index contributed by atoms with van der Waals surface area (Å²) < 4.78 is 9.91. The number of methoxy groups -OCH3 is 1. The number of carboxylic acid groups (broad SMARTS) is 2. The van der Waals surface area contributed by atoms with E-state index >= 15 is 0 Å². The van der Waals surface area contributed by atoms with Crippen LogP contribution < -0.4 is 0 Å². The first-order chi connectivity index (χ1) is 15.4. The lowest BCUT2D eigenvalue weighted by atomic mass is 10.2. The molecule has 1 radical (unpaired) electrons. The molecule has 0 aromatic rings. The summed E-state index contributed by atoms with van der Waals surface area (Å²) in [5, 5.41) is 42.7. The van der Waals surface area contributed by atoms with E-state index < -0.39 is 5.60 Å². The normalized spacial score (nSPS) is 5.41. The quantitative estimate of drug-likeness (QED) is 0.0662. The molecule has 1 unspecified atom stereocenters. The predicted octanol–water partition coefficient (Wildman–Crippen LogP) is -2.46. The first kappa shape index (κ1) is 77.0. The van der Waals surface area contributed by atoms with Crippen molar-refractivity contribution in [2.24, 2.45) is 0 Å². The summed E-state index contributed by atoms with van der Waals surface area (Å²) >= 11 is 0. The number of aliphatic hydroxyl groups excluding tert-OH is 3. The van der Waals surface area contributed by atoms with Gasteiger partial charge in [0, 0.05) is 21.3 Å². The summed E-state index contributed by atoms with van der Waals surface area (Å²) in [5.41, 5.74) is -0.403. The van der Waals surface area contributed by atoms with Crippen LogP contribution in [0.3, 0.4) is 0 Å². The number of hydrogen-bond donors (Lipinski definition) is 6. The lowest BCUT2D eigenvalue weighted by molar-refractivity contribution is -0.306. The van der Waals surface area contributed by atoms with Crippen LogP contribution in [-0.2, 0) is 38.4 Å². The maximum Gasteiger partial charge on any atom is 0.292 e. The highest BCUT2D eigenvalue weighted by Gasteiger charge is 2.06. The van der Waals surface area contributed by atoms with Crippen molar-refractivity contribution in [3.8, 4) is 0 Å². The fraction of sp³-hybridized carbons (Fsp3) is 0.625. The summed E-state index contributed by atoms with van der Waals surface area (Å²) in [6.45, 7) is 12.2.